The van der Waals surface area contributed by atoms with E-state index in [9.17, 15) is 0 Å². The maximum absolute atomic E-state index is 8.35. The first kappa shape index (κ1) is 30.9. The number of hydrogen-bond acceptors (Lipinski definition) is 8. The average molecular weight is 418 g/mol. The predicted molar refractivity (Wildman–Crippen MR) is 116 cm³/mol. The first-order valence-corrected chi connectivity index (χ1v) is 8.34. The van der Waals surface area contributed by atoms with Crippen molar-refractivity contribution in [3.05, 3.63) is 108 Å². The molecule has 3 aromatic carbocycles. The van der Waals surface area contributed by atoms with Crippen molar-refractivity contribution in [1.82, 2.24) is 0 Å². The SMILES string of the molecule is N=C=O.N=C=O.N=C=O.N=C=O.c1ccc(Cc2ccccc2)cc1.c1ccccc1. The van der Waals surface area contributed by atoms with E-state index in [0.717, 1.165) is 30.7 Å². The van der Waals surface area contributed by atoms with Crippen LogP contribution in [0.15, 0.2) is 97.1 Å². The van der Waals surface area contributed by atoms with Gasteiger partial charge in [-0.05, 0) is 17.5 Å². The van der Waals surface area contributed by atoms with E-state index in [1.165, 1.54) is 11.1 Å². The highest BCUT2D eigenvalue weighted by atomic mass is 16.1. The minimum absolute atomic E-state index is 0.750. The third kappa shape index (κ3) is 30.2. The van der Waals surface area contributed by atoms with Gasteiger partial charge < -0.3 is 0 Å². The largest absolute Gasteiger partial charge is 0.231 e. The highest BCUT2D eigenvalue weighted by Crippen LogP contribution is 2.07. The van der Waals surface area contributed by atoms with Gasteiger partial charge in [-0.25, -0.2) is 40.8 Å². The Morgan fingerprint density at radius 1 is 0.419 bits per heavy atom. The Morgan fingerprint density at radius 2 is 0.581 bits per heavy atom. The highest BCUT2D eigenvalue weighted by molar-refractivity contribution is 5.27. The fraction of sp³-hybridized carbons (Fsp3) is 0.0435. The molecule has 0 unspecified atom stereocenters. The van der Waals surface area contributed by atoms with Crippen LogP contribution in [0, 0.1) is 21.6 Å². The monoisotopic (exact) mass is 418 g/mol. The second kappa shape index (κ2) is 29.9. The Bertz CT molecular complexity index is 782. The zero-order valence-electron chi connectivity index (χ0n) is 16.6. The van der Waals surface area contributed by atoms with Crippen molar-refractivity contribution in [2.24, 2.45) is 0 Å². The minimum atomic E-state index is 0.750. The van der Waals surface area contributed by atoms with Gasteiger partial charge in [0.2, 0.25) is 24.3 Å². The molecule has 158 valence electrons. The van der Waals surface area contributed by atoms with Gasteiger partial charge in [-0.15, -0.1) is 0 Å². The van der Waals surface area contributed by atoms with Crippen LogP contribution in [0.4, 0.5) is 0 Å². The van der Waals surface area contributed by atoms with Crippen molar-refractivity contribution in [3.63, 3.8) is 0 Å². The molecule has 0 radical (unpaired) electrons. The summed E-state index contributed by atoms with van der Waals surface area (Å²) in [6.07, 6.45) is 4.03. The van der Waals surface area contributed by atoms with Crippen LogP contribution in [0.3, 0.4) is 0 Å². The van der Waals surface area contributed by atoms with Crippen LogP contribution >= 0.6 is 0 Å². The van der Waals surface area contributed by atoms with Crippen molar-refractivity contribution < 1.29 is 19.2 Å². The third-order valence-corrected chi connectivity index (χ3v) is 2.76. The highest BCUT2D eigenvalue weighted by Gasteiger charge is 1.92. The molecule has 0 heterocycles. The molecule has 0 atom stereocenters. The molecule has 0 saturated carbocycles. The molecule has 31 heavy (non-hydrogen) atoms. The van der Waals surface area contributed by atoms with Gasteiger partial charge in [-0.3, -0.25) is 0 Å². The summed E-state index contributed by atoms with van der Waals surface area (Å²) in [6.45, 7) is 0. The Hall–Kier alpha value is -4.82. The molecule has 0 aliphatic heterocycles. The molecular weight excluding hydrogens is 396 g/mol. The average Bonchev–Trinajstić information content (AvgIpc) is 2.79. The molecule has 0 fully saturated rings. The molecule has 3 rings (SSSR count). The molecular formula is C23H22N4O4. The van der Waals surface area contributed by atoms with E-state index in [-0.39, 0.29) is 0 Å². The lowest BCUT2D eigenvalue weighted by atomic mass is 10.1. The summed E-state index contributed by atoms with van der Waals surface area (Å²) in [6, 6.07) is 33.1. The van der Waals surface area contributed by atoms with Crippen molar-refractivity contribution in [2.45, 2.75) is 6.42 Å². The number of carbonyl (C=O) groups excluding carboxylic acids is 4. The van der Waals surface area contributed by atoms with Crippen molar-refractivity contribution in [1.29, 1.82) is 21.6 Å². The number of rotatable bonds is 2. The summed E-state index contributed by atoms with van der Waals surface area (Å²) in [4.78, 5) is 33.4. The quantitative estimate of drug-likeness (QED) is 0.354. The van der Waals surface area contributed by atoms with Crippen molar-refractivity contribution in [3.8, 4) is 0 Å². The van der Waals surface area contributed by atoms with Gasteiger partial charge in [0.25, 0.3) is 0 Å². The molecule has 8 nitrogen and oxygen atoms in total. The van der Waals surface area contributed by atoms with Gasteiger partial charge in [0, 0.05) is 0 Å². The first-order valence-electron chi connectivity index (χ1n) is 8.34. The smallest absolute Gasteiger partial charge is 0.222 e. The summed E-state index contributed by atoms with van der Waals surface area (Å²) in [5.74, 6) is 0. The lowest BCUT2D eigenvalue weighted by Gasteiger charge is -2.00. The Labute approximate surface area is 180 Å². The number of benzene rings is 3. The van der Waals surface area contributed by atoms with E-state index in [4.69, 9.17) is 40.8 Å². The molecule has 0 aliphatic rings. The topological polar surface area (TPSA) is 164 Å². The van der Waals surface area contributed by atoms with Crippen molar-refractivity contribution >= 4 is 24.3 Å². The lowest BCUT2D eigenvalue weighted by molar-refractivity contribution is 0.562. The Kier molecular flexibility index (Phi) is 29.8. The summed E-state index contributed by atoms with van der Waals surface area (Å²) < 4.78 is 0. The van der Waals surface area contributed by atoms with Crippen LogP contribution in [0.2, 0.25) is 0 Å². The summed E-state index contributed by atoms with van der Waals surface area (Å²) in [7, 11) is 0. The maximum Gasteiger partial charge on any atom is 0.231 e. The Balaban J connectivity index is -0.000000365. The van der Waals surface area contributed by atoms with E-state index in [2.05, 4.69) is 60.7 Å². The molecule has 0 aromatic heterocycles. The molecule has 0 spiro atoms. The summed E-state index contributed by atoms with van der Waals surface area (Å²) in [5, 5.41) is 21.6. The van der Waals surface area contributed by atoms with Gasteiger partial charge in [-0.1, -0.05) is 97.1 Å². The van der Waals surface area contributed by atoms with Crippen LogP contribution in [-0.4, -0.2) is 24.3 Å². The first-order chi connectivity index (χ1) is 15.1. The predicted octanol–water partition coefficient (Wildman–Crippen LogP) is 4.57. The van der Waals surface area contributed by atoms with Gasteiger partial charge in [0.05, 0.1) is 0 Å². The molecule has 3 aromatic rings. The van der Waals surface area contributed by atoms with Gasteiger partial charge >= 0.3 is 0 Å². The summed E-state index contributed by atoms with van der Waals surface area (Å²) in [5.41, 5.74) is 2.74. The number of nitrogens with one attached hydrogen (secondary N) is 4. The fourth-order valence-corrected chi connectivity index (χ4v) is 1.81. The molecule has 8 heteroatoms. The van der Waals surface area contributed by atoms with Gasteiger partial charge in [-0.2, -0.15) is 0 Å². The standard InChI is InChI=1S/C13H12.C6H6.4CHNO/c1-3-7-12(8-4-1)11-13-9-5-2-6-10-13;1-2-4-6-5-3-1;4*2-1-3/h1-10H,11H2;1-6H;4*2H. The van der Waals surface area contributed by atoms with Gasteiger partial charge in [0.1, 0.15) is 0 Å². The Morgan fingerprint density at radius 3 is 0.774 bits per heavy atom. The second-order valence-corrected chi connectivity index (χ2v) is 4.71. The normalized spacial score (nSPS) is 6.71. The van der Waals surface area contributed by atoms with Crippen LogP contribution in [0.25, 0.3) is 0 Å². The number of hydrogen-bond donors (Lipinski definition) is 4. The lowest BCUT2D eigenvalue weighted by Crippen LogP contribution is -1.85. The van der Waals surface area contributed by atoms with E-state index in [0.29, 0.717) is 0 Å². The minimum Gasteiger partial charge on any atom is -0.222 e. The van der Waals surface area contributed by atoms with E-state index >= 15 is 0 Å². The van der Waals surface area contributed by atoms with Crippen molar-refractivity contribution in [2.75, 3.05) is 0 Å². The number of isocyanates is 4. The third-order valence-electron chi connectivity index (χ3n) is 2.76. The van der Waals surface area contributed by atoms with Crippen LogP contribution in [0.1, 0.15) is 11.1 Å². The molecule has 0 bridgehead atoms. The maximum atomic E-state index is 8.35. The summed E-state index contributed by atoms with van der Waals surface area (Å²) >= 11 is 0. The van der Waals surface area contributed by atoms with Crippen LogP contribution in [0.5, 0.6) is 0 Å². The molecule has 0 amide bonds. The van der Waals surface area contributed by atoms with Crippen LogP contribution in [-0.2, 0) is 25.6 Å². The molecule has 0 saturated heterocycles. The van der Waals surface area contributed by atoms with E-state index < -0.39 is 0 Å². The van der Waals surface area contributed by atoms with E-state index in [1.807, 2.05) is 36.4 Å². The zero-order chi connectivity index (χ0) is 24.0. The molecule has 0 aliphatic carbocycles. The second-order valence-electron chi connectivity index (χ2n) is 4.71. The zero-order valence-corrected chi connectivity index (χ0v) is 16.6. The van der Waals surface area contributed by atoms with Gasteiger partial charge in [0.15, 0.2) is 0 Å². The molecule has 4 N–H and O–H groups in total. The fourth-order valence-electron chi connectivity index (χ4n) is 1.81. The van der Waals surface area contributed by atoms with Crippen LogP contribution < -0.4 is 0 Å². The van der Waals surface area contributed by atoms with E-state index in [1.54, 1.807) is 0 Å².